The average Bonchev–Trinajstić information content (AvgIpc) is 3.61. The van der Waals surface area contributed by atoms with E-state index in [0.717, 1.165) is 0 Å². The fourth-order valence-electron chi connectivity index (χ4n) is 6.48. The van der Waals surface area contributed by atoms with Crippen molar-refractivity contribution >= 4 is 12.4 Å². The SMILES string of the molecule is COc1cc(C(O)C(CO)Oc2ccc(C(O)C(CO)Oc3c(OC)cc([C@@H]4Oc5c(OC)cc(/C=C/C=O)cc5[C@H]4CO)cc3OC)cc2OC)ccc1O. The van der Waals surface area contributed by atoms with Crippen molar-refractivity contribution < 1.29 is 73.3 Å². The van der Waals surface area contributed by atoms with E-state index in [0.29, 0.717) is 40.0 Å². The molecular weight excluding hydrogens is 732 g/mol. The van der Waals surface area contributed by atoms with E-state index in [2.05, 4.69) is 0 Å². The molecule has 0 radical (unpaired) electrons. The van der Waals surface area contributed by atoms with Crippen LogP contribution in [-0.2, 0) is 4.79 Å². The third-order valence-corrected chi connectivity index (χ3v) is 9.40. The summed E-state index contributed by atoms with van der Waals surface area (Å²) in [6.07, 6.45) is -2.25. The number of allylic oxidation sites excluding steroid dienone is 1. The molecule has 1 aliphatic rings. The molecule has 0 bridgehead atoms. The highest BCUT2D eigenvalue weighted by atomic mass is 16.6. The summed E-state index contributed by atoms with van der Waals surface area (Å²) in [5.74, 6) is 1.06. The summed E-state index contributed by atoms with van der Waals surface area (Å²) in [4.78, 5) is 10.9. The summed E-state index contributed by atoms with van der Waals surface area (Å²) in [6, 6.07) is 15.5. The Hall–Kier alpha value is -5.71. The molecule has 1 heterocycles. The molecule has 0 fully saturated rings. The van der Waals surface area contributed by atoms with Crippen LogP contribution in [0.4, 0.5) is 0 Å². The van der Waals surface area contributed by atoms with Gasteiger partial charge >= 0.3 is 0 Å². The van der Waals surface area contributed by atoms with Crippen molar-refractivity contribution in [3.63, 3.8) is 0 Å². The predicted molar refractivity (Wildman–Crippen MR) is 201 cm³/mol. The number of aldehydes is 1. The van der Waals surface area contributed by atoms with Crippen molar-refractivity contribution in [2.24, 2.45) is 0 Å². The first-order valence-corrected chi connectivity index (χ1v) is 17.4. The van der Waals surface area contributed by atoms with Gasteiger partial charge in [0.2, 0.25) is 5.75 Å². The normalized spacial score (nSPS) is 16.9. The second-order valence-electron chi connectivity index (χ2n) is 12.6. The molecule has 1 aliphatic heterocycles. The smallest absolute Gasteiger partial charge is 0.204 e. The van der Waals surface area contributed by atoms with Crippen LogP contribution in [0.15, 0.2) is 66.7 Å². The van der Waals surface area contributed by atoms with Crippen LogP contribution in [0.1, 0.15) is 52.0 Å². The summed E-state index contributed by atoms with van der Waals surface area (Å²) < 4.78 is 46.1. The molecule has 0 spiro atoms. The summed E-state index contributed by atoms with van der Waals surface area (Å²) in [5, 5.41) is 63.4. The molecule has 0 aromatic heterocycles. The molecule has 0 saturated carbocycles. The number of ether oxygens (including phenoxy) is 8. The highest BCUT2D eigenvalue weighted by Gasteiger charge is 2.39. The molecule has 5 rings (SSSR count). The van der Waals surface area contributed by atoms with Gasteiger partial charge in [-0.15, -0.1) is 0 Å². The molecule has 6 N–H and O–H groups in total. The molecule has 56 heavy (non-hydrogen) atoms. The molecule has 300 valence electrons. The summed E-state index contributed by atoms with van der Waals surface area (Å²) >= 11 is 0. The molecule has 4 unspecified atom stereocenters. The van der Waals surface area contributed by atoms with Crippen molar-refractivity contribution in [1.29, 1.82) is 0 Å². The lowest BCUT2D eigenvalue weighted by Crippen LogP contribution is -2.30. The summed E-state index contributed by atoms with van der Waals surface area (Å²) in [7, 11) is 7.06. The highest BCUT2D eigenvalue weighted by Crippen LogP contribution is 2.53. The minimum absolute atomic E-state index is 0.0735. The Morgan fingerprint density at radius 2 is 1.25 bits per heavy atom. The van der Waals surface area contributed by atoms with Gasteiger partial charge in [-0.2, -0.15) is 0 Å². The van der Waals surface area contributed by atoms with Gasteiger partial charge in [0.1, 0.15) is 24.6 Å². The summed E-state index contributed by atoms with van der Waals surface area (Å²) in [5.41, 5.74) is 2.51. The first-order chi connectivity index (χ1) is 27.1. The first kappa shape index (κ1) is 41.5. The topological polar surface area (TPSA) is 212 Å². The molecule has 4 aromatic rings. The van der Waals surface area contributed by atoms with Crippen LogP contribution in [0.25, 0.3) is 6.08 Å². The number of aliphatic hydroxyl groups excluding tert-OH is 5. The zero-order valence-electron chi connectivity index (χ0n) is 31.4. The Bertz CT molecular complexity index is 1970. The number of methoxy groups -OCH3 is 5. The molecule has 6 atom stereocenters. The molecule has 15 nitrogen and oxygen atoms in total. The molecule has 0 aliphatic carbocycles. The maximum atomic E-state index is 11.5. The maximum absolute atomic E-state index is 11.5. The van der Waals surface area contributed by atoms with Crippen molar-refractivity contribution in [3.8, 4) is 51.7 Å². The largest absolute Gasteiger partial charge is 0.504 e. The van der Waals surface area contributed by atoms with E-state index in [1.54, 1.807) is 24.3 Å². The van der Waals surface area contributed by atoms with Gasteiger partial charge in [-0.25, -0.2) is 0 Å². The Kier molecular flexibility index (Phi) is 13.9. The lowest BCUT2D eigenvalue weighted by Gasteiger charge is -2.27. The number of rotatable bonds is 19. The zero-order valence-corrected chi connectivity index (χ0v) is 31.4. The van der Waals surface area contributed by atoms with E-state index in [1.807, 2.05) is 6.07 Å². The maximum Gasteiger partial charge on any atom is 0.204 e. The number of carbonyl (C=O) groups is 1. The van der Waals surface area contributed by atoms with Gasteiger partial charge < -0.3 is 68.5 Å². The number of aliphatic hydroxyl groups is 5. The van der Waals surface area contributed by atoms with Crippen LogP contribution in [-0.4, -0.2) is 105 Å². The first-order valence-electron chi connectivity index (χ1n) is 17.4. The summed E-state index contributed by atoms with van der Waals surface area (Å²) in [6.45, 7) is -1.51. The fraction of sp³-hybridized carbons (Fsp3) is 0.341. The molecule has 0 saturated heterocycles. The number of hydrogen-bond donors (Lipinski definition) is 6. The van der Waals surface area contributed by atoms with E-state index in [-0.39, 0.29) is 52.4 Å². The van der Waals surface area contributed by atoms with E-state index in [1.165, 1.54) is 78.0 Å². The number of phenols is 1. The number of phenolic OH excluding ortho intramolecular Hbond substituents is 1. The van der Waals surface area contributed by atoms with Crippen molar-refractivity contribution in [1.82, 2.24) is 0 Å². The predicted octanol–water partition coefficient (Wildman–Crippen LogP) is 3.80. The van der Waals surface area contributed by atoms with Gasteiger partial charge in [0.05, 0.1) is 61.3 Å². The van der Waals surface area contributed by atoms with Gasteiger partial charge in [0, 0.05) is 11.1 Å². The lowest BCUT2D eigenvalue weighted by molar-refractivity contribution is -0.104. The zero-order chi connectivity index (χ0) is 40.5. The van der Waals surface area contributed by atoms with E-state index in [4.69, 9.17) is 37.9 Å². The van der Waals surface area contributed by atoms with Gasteiger partial charge in [-0.1, -0.05) is 18.2 Å². The Balaban J connectivity index is 1.39. The van der Waals surface area contributed by atoms with Crippen LogP contribution in [0.5, 0.6) is 51.7 Å². The second kappa shape index (κ2) is 18.8. The standard InChI is InChI=1S/C41H46O15/c1-49-30-15-23(8-10-28(30)46)37(47)35(20-44)54-29-11-9-24(16-31(29)50-2)38(48)36(21-45)55-41-33(52-4)17-25(18-34(41)53-5)39-27(19-43)26-13-22(7-6-12-42)14-32(51-3)40(26)56-39/h6-18,27,35-39,43-48H,19-21H2,1-5H3/b7-6+/t27-,35?,36?,37?,38?,39+/m1/s1. The number of aromatic hydroxyl groups is 1. The fourth-order valence-corrected chi connectivity index (χ4v) is 6.48. The molecular formula is C41H46O15. The number of hydrogen-bond acceptors (Lipinski definition) is 15. The minimum Gasteiger partial charge on any atom is -0.504 e. The van der Waals surface area contributed by atoms with E-state index >= 15 is 0 Å². The molecule has 0 amide bonds. The monoisotopic (exact) mass is 778 g/mol. The van der Waals surface area contributed by atoms with Crippen LogP contribution < -0.4 is 37.9 Å². The second-order valence-corrected chi connectivity index (χ2v) is 12.6. The average molecular weight is 779 g/mol. The van der Waals surface area contributed by atoms with Crippen molar-refractivity contribution in [3.05, 3.63) is 94.6 Å². The highest BCUT2D eigenvalue weighted by molar-refractivity contribution is 5.75. The van der Waals surface area contributed by atoms with Crippen LogP contribution in [0, 0.1) is 0 Å². The lowest BCUT2D eigenvalue weighted by atomic mass is 9.90. The van der Waals surface area contributed by atoms with Gasteiger partial charge in [-0.3, -0.25) is 4.79 Å². The third-order valence-electron chi connectivity index (χ3n) is 9.40. The Morgan fingerprint density at radius 3 is 1.80 bits per heavy atom. The number of benzene rings is 4. The molecule has 4 aromatic carbocycles. The quantitative estimate of drug-likeness (QED) is 0.0591. The van der Waals surface area contributed by atoms with Gasteiger partial charge in [0.25, 0.3) is 0 Å². The van der Waals surface area contributed by atoms with E-state index in [9.17, 15) is 35.4 Å². The Labute approximate surface area is 323 Å². The van der Waals surface area contributed by atoms with Gasteiger partial charge in [-0.05, 0) is 71.3 Å². The minimum atomic E-state index is -1.43. The van der Waals surface area contributed by atoms with Crippen molar-refractivity contribution in [2.75, 3.05) is 55.4 Å². The van der Waals surface area contributed by atoms with Gasteiger partial charge in [0.15, 0.2) is 58.2 Å². The van der Waals surface area contributed by atoms with Crippen LogP contribution >= 0.6 is 0 Å². The number of carbonyl (C=O) groups excluding carboxylic acids is 1. The van der Waals surface area contributed by atoms with Crippen molar-refractivity contribution in [2.45, 2.75) is 36.4 Å². The van der Waals surface area contributed by atoms with Crippen LogP contribution in [0.3, 0.4) is 0 Å². The van der Waals surface area contributed by atoms with E-state index < -0.39 is 49.7 Å². The number of fused-ring (bicyclic) bond motifs is 1. The third kappa shape index (κ3) is 8.56. The molecule has 15 heteroatoms. The van der Waals surface area contributed by atoms with Crippen LogP contribution in [0.2, 0.25) is 0 Å². The Morgan fingerprint density at radius 1 is 0.679 bits per heavy atom.